The van der Waals surface area contributed by atoms with Gasteiger partial charge in [0.15, 0.2) is 6.29 Å². The van der Waals surface area contributed by atoms with E-state index in [0.29, 0.717) is 13.0 Å². The molecule has 0 aromatic rings. The molecule has 0 bridgehead atoms. The van der Waals surface area contributed by atoms with Gasteiger partial charge in [0.2, 0.25) is 0 Å². The molecule has 9 nitrogen and oxygen atoms in total. The van der Waals surface area contributed by atoms with Gasteiger partial charge in [-0.2, -0.15) is 0 Å². The maximum Gasteiger partial charge on any atom is 0.306 e. The van der Waals surface area contributed by atoms with Crippen LogP contribution in [0.5, 0.6) is 0 Å². The van der Waals surface area contributed by atoms with Gasteiger partial charge in [0.25, 0.3) is 0 Å². The first kappa shape index (κ1) is 55.6. The van der Waals surface area contributed by atoms with E-state index in [2.05, 4.69) is 86.8 Å². The second-order valence-electron chi connectivity index (χ2n) is 16.2. The zero-order valence-electron chi connectivity index (χ0n) is 37.9. The number of rotatable bonds is 40. The molecule has 346 valence electrons. The van der Waals surface area contributed by atoms with Crippen molar-refractivity contribution >= 4 is 5.97 Å². The third kappa shape index (κ3) is 32.4. The topological polar surface area (TPSA) is 135 Å². The number of carbonyl (C=O) groups excluding carboxylic acids is 1. The number of hydrogen-bond donors (Lipinski definition) is 4. The Bertz CT molecular complexity index is 1140. The van der Waals surface area contributed by atoms with Gasteiger partial charge in [-0.15, -0.1) is 0 Å². The average Bonchev–Trinajstić information content (AvgIpc) is 3.25. The summed E-state index contributed by atoms with van der Waals surface area (Å²) in [6, 6.07) is 0. The van der Waals surface area contributed by atoms with Crippen molar-refractivity contribution in [2.24, 2.45) is 0 Å². The number of ether oxygens (including phenoxy) is 4. The molecule has 1 aliphatic rings. The molecule has 6 unspecified atom stereocenters. The first-order valence-corrected chi connectivity index (χ1v) is 24.0. The van der Waals surface area contributed by atoms with Gasteiger partial charge in [0.05, 0.1) is 19.8 Å². The fraction of sp³-hybridized carbons (Fsp3) is 0.745. The highest BCUT2D eigenvalue weighted by Gasteiger charge is 2.44. The SMILES string of the molecule is CC/C=C\C/C=C\C/C=C\C/C=C\CCCCCCCCC(=O)OC(COCCCCCCCCCC/C=C\C/C=C\CCCCC)COC1OC(CO)C(O)C(O)C1O. The zero-order chi connectivity index (χ0) is 43.6. The summed E-state index contributed by atoms with van der Waals surface area (Å²) in [5, 5.41) is 40.2. The van der Waals surface area contributed by atoms with Gasteiger partial charge in [-0.25, -0.2) is 0 Å². The van der Waals surface area contributed by atoms with Crippen LogP contribution in [-0.2, 0) is 23.7 Å². The van der Waals surface area contributed by atoms with Crippen LogP contribution in [-0.4, -0.2) is 89.6 Å². The lowest BCUT2D eigenvalue weighted by molar-refractivity contribution is -0.305. The van der Waals surface area contributed by atoms with E-state index in [0.717, 1.165) is 83.5 Å². The van der Waals surface area contributed by atoms with Crippen molar-refractivity contribution in [1.29, 1.82) is 0 Å². The highest BCUT2D eigenvalue weighted by atomic mass is 16.7. The predicted molar refractivity (Wildman–Crippen MR) is 247 cm³/mol. The van der Waals surface area contributed by atoms with Crippen LogP contribution in [0, 0.1) is 0 Å². The monoisotopic (exact) mass is 845 g/mol. The molecule has 1 fully saturated rings. The Kier molecular flexibility index (Phi) is 38.9. The molecule has 0 radical (unpaired) electrons. The van der Waals surface area contributed by atoms with E-state index in [9.17, 15) is 25.2 Å². The Labute approximate surface area is 366 Å². The van der Waals surface area contributed by atoms with Crippen LogP contribution in [0.25, 0.3) is 0 Å². The van der Waals surface area contributed by atoms with Gasteiger partial charge >= 0.3 is 5.97 Å². The van der Waals surface area contributed by atoms with Gasteiger partial charge in [-0.1, -0.05) is 164 Å². The third-order valence-corrected chi connectivity index (χ3v) is 10.6. The average molecular weight is 845 g/mol. The van der Waals surface area contributed by atoms with Gasteiger partial charge in [0, 0.05) is 13.0 Å². The minimum Gasteiger partial charge on any atom is -0.457 e. The number of aliphatic hydroxyl groups excluding tert-OH is 4. The molecule has 6 atom stereocenters. The van der Waals surface area contributed by atoms with Gasteiger partial charge < -0.3 is 39.4 Å². The summed E-state index contributed by atoms with van der Waals surface area (Å²) in [5.41, 5.74) is 0. The van der Waals surface area contributed by atoms with E-state index in [1.54, 1.807) is 0 Å². The van der Waals surface area contributed by atoms with Gasteiger partial charge in [-0.05, 0) is 83.5 Å². The lowest BCUT2D eigenvalue weighted by Gasteiger charge is -2.39. The van der Waals surface area contributed by atoms with Crippen molar-refractivity contribution in [2.45, 2.75) is 218 Å². The van der Waals surface area contributed by atoms with Crippen molar-refractivity contribution in [2.75, 3.05) is 26.4 Å². The Morgan fingerprint density at radius 3 is 1.53 bits per heavy atom. The Balaban J connectivity index is 2.26. The maximum absolute atomic E-state index is 12.8. The first-order valence-electron chi connectivity index (χ1n) is 24.0. The molecule has 0 aromatic carbocycles. The van der Waals surface area contributed by atoms with Crippen LogP contribution in [0.3, 0.4) is 0 Å². The van der Waals surface area contributed by atoms with E-state index >= 15 is 0 Å². The number of unbranched alkanes of at least 4 members (excludes halogenated alkanes) is 17. The number of allylic oxidation sites excluding steroid dienone is 12. The van der Waals surface area contributed by atoms with E-state index in [1.807, 2.05) is 0 Å². The second-order valence-corrected chi connectivity index (χ2v) is 16.2. The lowest BCUT2D eigenvalue weighted by atomic mass is 9.99. The van der Waals surface area contributed by atoms with E-state index in [-0.39, 0.29) is 19.2 Å². The molecule has 0 aromatic heterocycles. The van der Waals surface area contributed by atoms with Crippen molar-refractivity contribution in [3.63, 3.8) is 0 Å². The summed E-state index contributed by atoms with van der Waals surface area (Å²) in [7, 11) is 0. The summed E-state index contributed by atoms with van der Waals surface area (Å²) in [4.78, 5) is 12.8. The van der Waals surface area contributed by atoms with Gasteiger partial charge in [0.1, 0.15) is 30.5 Å². The summed E-state index contributed by atoms with van der Waals surface area (Å²) in [6.07, 6.45) is 47.8. The maximum atomic E-state index is 12.8. The zero-order valence-corrected chi connectivity index (χ0v) is 37.9. The molecule has 1 aliphatic heterocycles. The molecule has 0 aliphatic carbocycles. The second kappa shape index (κ2) is 42.0. The molecule has 9 heteroatoms. The molecular weight excluding hydrogens is 757 g/mol. The largest absolute Gasteiger partial charge is 0.457 e. The molecular formula is C51H88O9. The van der Waals surface area contributed by atoms with Crippen molar-refractivity contribution in [3.05, 3.63) is 72.9 Å². The number of esters is 1. The van der Waals surface area contributed by atoms with Crippen LogP contribution < -0.4 is 0 Å². The third-order valence-electron chi connectivity index (χ3n) is 10.6. The predicted octanol–water partition coefficient (Wildman–Crippen LogP) is 11.3. The molecule has 0 amide bonds. The number of hydrogen-bond acceptors (Lipinski definition) is 9. The summed E-state index contributed by atoms with van der Waals surface area (Å²) < 4.78 is 22.8. The first-order chi connectivity index (χ1) is 29.4. The van der Waals surface area contributed by atoms with Crippen LogP contribution in [0.15, 0.2) is 72.9 Å². The van der Waals surface area contributed by atoms with E-state index < -0.39 is 43.4 Å². The van der Waals surface area contributed by atoms with E-state index in [1.165, 1.54) is 77.0 Å². The van der Waals surface area contributed by atoms with Crippen LogP contribution in [0.2, 0.25) is 0 Å². The molecule has 4 N–H and O–H groups in total. The fourth-order valence-electron chi connectivity index (χ4n) is 6.87. The minimum absolute atomic E-state index is 0.125. The van der Waals surface area contributed by atoms with Crippen LogP contribution in [0.1, 0.15) is 181 Å². The molecule has 0 saturated carbocycles. The van der Waals surface area contributed by atoms with Crippen molar-refractivity contribution < 1.29 is 44.2 Å². The quantitative estimate of drug-likeness (QED) is 0.0270. The molecule has 1 heterocycles. The summed E-state index contributed by atoms with van der Waals surface area (Å²) >= 11 is 0. The minimum atomic E-state index is -1.54. The molecule has 1 saturated heterocycles. The molecule has 60 heavy (non-hydrogen) atoms. The number of carbonyl (C=O) groups is 1. The van der Waals surface area contributed by atoms with Crippen molar-refractivity contribution in [1.82, 2.24) is 0 Å². The molecule has 1 rings (SSSR count). The summed E-state index contributed by atoms with van der Waals surface area (Å²) in [5.74, 6) is -0.332. The summed E-state index contributed by atoms with van der Waals surface area (Å²) in [6.45, 7) is 4.39. The fourth-order valence-corrected chi connectivity index (χ4v) is 6.87. The lowest BCUT2D eigenvalue weighted by Crippen LogP contribution is -2.59. The van der Waals surface area contributed by atoms with Crippen LogP contribution in [0.4, 0.5) is 0 Å². The highest BCUT2D eigenvalue weighted by Crippen LogP contribution is 2.22. The van der Waals surface area contributed by atoms with Crippen molar-refractivity contribution in [3.8, 4) is 0 Å². The smallest absolute Gasteiger partial charge is 0.306 e. The highest BCUT2D eigenvalue weighted by molar-refractivity contribution is 5.69. The Morgan fingerprint density at radius 2 is 1.02 bits per heavy atom. The Morgan fingerprint density at radius 1 is 0.550 bits per heavy atom. The van der Waals surface area contributed by atoms with Gasteiger partial charge in [-0.3, -0.25) is 4.79 Å². The number of aliphatic hydroxyl groups is 4. The van der Waals surface area contributed by atoms with Crippen LogP contribution >= 0.6 is 0 Å². The van der Waals surface area contributed by atoms with E-state index in [4.69, 9.17) is 18.9 Å². The normalized spacial score (nSPS) is 20.7. The molecule has 0 spiro atoms. The Hall–Kier alpha value is -2.37. The standard InChI is InChI=1S/C51H88O9/c1-3-5-7-9-11-13-15-17-19-21-23-24-26-28-30-32-34-36-38-40-47(53)59-45(44-58-51-50(56)49(55)48(54)46(42-52)60-51)43-57-41-39-37-35-33-31-29-27-25-22-20-18-16-14-12-10-8-6-4-2/h5,7,11-14,17-20,23-24,45-46,48-52,54-56H,3-4,6,8-10,15-16,21-22,25-44H2,1-2H3/b7-5-,13-11-,14-12-,19-17-,20-18-,24-23-.